The van der Waals surface area contributed by atoms with Gasteiger partial charge in [-0.25, -0.2) is 9.18 Å². The van der Waals surface area contributed by atoms with Gasteiger partial charge >= 0.3 is 5.97 Å². The SMILES string of the molecule is CC(C)N(CCC#N)c1cc(C(=O)O)c(F)cc1[N+](=O)[O-]. The number of nitrogens with zero attached hydrogens (tertiary/aromatic N) is 3. The number of carboxylic acid groups (broad SMARTS) is 1. The summed E-state index contributed by atoms with van der Waals surface area (Å²) in [5.74, 6) is -2.67. The minimum Gasteiger partial charge on any atom is -0.478 e. The highest BCUT2D eigenvalue weighted by molar-refractivity contribution is 5.90. The quantitative estimate of drug-likeness (QED) is 0.638. The van der Waals surface area contributed by atoms with Crippen LogP contribution in [0.4, 0.5) is 15.8 Å². The standard InChI is InChI=1S/C13H14FN3O4/c1-8(2)16(5-3-4-15)11-6-9(13(18)19)10(14)7-12(11)17(20)21/h6-8H,3,5H2,1-2H3,(H,18,19). The van der Waals surface area contributed by atoms with Crippen LogP contribution in [0.25, 0.3) is 0 Å². The molecule has 0 aromatic heterocycles. The summed E-state index contributed by atoms with van der Waals surface area (Å²) in [5.41, 5.74) is -1.17. The minimum atomic E-state index is -1.51. The molecule has 0 heterocycles. The zero-order chi connectivity index (χ0) is 16.2. The maximum atomic E-state index is 13.6. The molecule has 0 aliphatic rings. The Morgan fingerprint density at radius 2 is 2.19 bits per heavy atom. The van der Waals surface area contributed by atoms with Gasteiger partial charge in [-0.1, -0.05) is 0 Å². The summed E-state index contributed by atoms with van der Waals surface area (Å²) in [6.07, 6.45) is 0.106. The normalized spacial score (nSPS) is 10.2. The maximum absolute atomic E-state index is 13.6. The molecule has 0 amide bonds. The van der Waals surface area contributed by atoms with E-state index in [2.05, 4.69) is 0 Å². The van der Waals surface area contributed by atoms with E-state index in [1.165, 1.54) is 4.90 Å². The van der Waals surface area contributed by atoms with Crippen molar-refractivity contribution in [2.45, 2.75) is 26.3 Å². The molecule has 21 heavy (non-hydrogen) atoms. The second-order valence-corrected chi connectivity index (χ2v) is 4.58. The first-order valence-electron chi connectivity index (χ1n) is 6.14. The summed E-state index contributed by atoms with van der Waals surface area (Å²) in [5, 5.41) is 28.6. The molecular formula is C13H14FN3O4. The number of hydrogen-bond acceptors (Lipinski definition) is 5. The molecule has 0 fully saturated rings. The third-order valence-electron chi connectivity index (χ3n) is 2.89. The van der Waals surface area contributed by atoms with Gasteiger partial charge in [-0.05, 0) is 19.9 Å². The number of halogens is 1. The Labute approximate surface area is 120 Å². The molecule has 1 aromatic carbocycles. The van der Waals surface area contributed by atoms with Crippen LogP contribution in [0.3, 0.4) is 0 Å². The van der Waals surface area contributed by atoms with Crippen LogP contribution >= 0.6 is 0 Å². The number of carboxylic acids is 1. The summed E-state index contributed by atoms with van der Waals surface area (Å²) >= 11 is 0. The predicted octanol–water partition coefficient (Wildman–Crippen LogP) is 2.56. The van der Waals surface area contributed by atoms with Crippen LogP contribution in [0.2, 0.25) is 0 Å². The molecule has 0 aliphatic carbocycles. The lowest BCUT2D eigenvalue weighted by Gasteiger charge is -2.28. The molecule has 0 atom stereocenters. The summed E-state index contributed by atoms with van der Waals surface area (Å²) in [6.45, 7) is 3.66. The highest BCUT2D eigenvalue weighted by atomic mass is 19.1. The number of hydrogen-bond donors (Lipinski definition) is 1. The average Bonchev–Trinajstić information content (AvgIpc) is 2.39. The average molecular weight is 295 g/mol. The largest absolute Gasteiger partial charge is 0.478 e. The van der Waals surface area contributed by atoms with Gasteiger partial charge in [-0.2, -0.15) is 5.26 Å². The van der Waals surface area contributed by atoms with Gasteiger partial charge in [0.1, 0.15) is 11.5 Å². The van der Waals surface area contributed by atoms with Gasteiger partial charge in [-0.3, -0.25) is 10.1 Å². The van der Waals surface area contributed by atoms with Gasteiger partial charge in [0, 0.05) is 12.6 Å². The molecule has 0 saturated heterocycles. The van der Waals surface area contributed by atoms with E-state index in [0.29, 0.717) is 6.07 Å². The number of rotatable bonds is 6. The smallest absolute Gasteiger partial charge is 0.338 e. The molecule has 0 saturated carbocycles. The molecule has 7 nitrogen and oxygen atoms in total. The predicted molar refractivity (Wildman–Crippen MR) is 72.7 cm³/mol. The topological polar surface area (TPSA) is 107 Å². The fourth-order valence-electron chi connectivity index (χ4n) is 1.92. The van der Waals surface area contributed by atoms with Crippen molar-refractivity contribution in [1.82, 2.24) is 0 Å². The lowest BCUT2D eigenvalue weighted by Crippen LogP contribution is -2.32. The van der Waals surface area contributed by atoms with Crippen LogP contribution in [0.5, 0.6) is 0 Å². The van der Waals surface area contributed by atoms with E-state index in [4.69, 9.17) is 10.4 Å². The number of benzene rings is 1. The first-order chi connectivity index (χ1) is 9.79. The highest BCUT2D eigenvalue weighted by Crippen LogP contribution is 2.32. The van der Waals surface area contributed by atoms with Crippen molar-refractivity contribution in [2.24, 2.45) is 0 Å². The number of carbonyl (C=O) groups is 1. The van der Waals surface area contributed by atoms with Gasteiger partial charge in [0.2, 0.25) is 0 Å². The van der Waals surface area contributed by atoms with Crippen LogP contribution in [0.15, 0.2) is 12.1 Å². The number of nitriles is 1. The van der Waals surface area contributed by atoms with Gasteiger partial charge < -0.3 is 10.0 Å². The third kappa shape index (κ3) is 3.66. The Bertz CT molecular complexity index is 610. The van der Waals surface area contributed by atoms with Gasteiger partial charge in [-0.15, -0.1) is 0 Å². The molecule has 1 N–H and O–H groups in total. The highest BCUT2D eigenvalue weighted by Gasteiger charge is 2.26. The molecule has 0 aliphatic heterocycles. The Balaban J connectivity index is 3.48. The Kier molecular flexibility index (Phi) is 5.18. The second-order valence-electron chi connectivity index (χ2n) is 4.58. The van der Waals surface area contributed by atoms with E-state index in [9.17, 15) is 19.3 Å². The summed E-state index contributed by atoms with van der Waals surface area (Å²) in [6, 6.07) is 3.24. The van der Waals surface area contributed by atoms with Gasteiger partial charge in [0.25, 0.3) is 5.69 Å². The molecule has 1 rings (SSSR count). The van der Waals surface area contributed by atoms with Gasteiger partial charge in [0.15, 0.2) is 0 Å². The molecule has 1 aromatic rings. The lowest BCUT2D eigenvalue weighted by molar-refractivity contribution is -0.384. The molecule has 0 radical (unpaired) electrons. The lowest BCUT2D eigenvalue weighted by atomic mass is 10.1. The van der Waals surface area contributed by atoms with Crippen molar-refractivity contribution in [3.63, 3.8) is 0 Å². The maximum Gasteiger partial charge on any atom is 0.338 e. The summed E-state index contributed by atoms with van der Waals surface area (Å²) < 4.78 is 13.6. The Hall–Kier alpha value is -2.69. The van der Waals surface area contributed by atoms with Crippen molar-refractivity contribution >= 4 is 17.3 Å². The fourth-order valence-corrected chi connectivity index (χ4v) is 1.92. The molecule has 0 bridgehead atoms. The van der Waals surface area contributed by atoms with Crippen molar-refractivity contribution in [1.29, 1.82) is 5.26 Å². The molecule has 112 valence electrons. The number of anilines is 1. The Morgan fingerprint density at radius 1 is 1.57 bits per heavy atom. The van der Waals surface area contributed by atoms with Crippen molar-refractivity contribution < 1.29 is 19.2 Å². The van der Waals surface area contributed by atoms with E-state index in [0.717, 1.165) is 6.07 Å². The number of nitro groups is 1. The van der Waals surface area contributed by atoms with Crippen molar-refractivity contribution in [3.05, 3.63) is 33.6 Å². The van der Waals surface area contributed by atoms with E-state index < -0.39 is 28.0 Å². The minimum absolute atomic E-state index is 0.0101. The Morgan fingerprint density at radius 3 is 2.62 bits per heavy atom. The van der Waals surface area contributed by atoms with Gasteiger partial charge in [0.05, 0.1) is 29.0 Å². The number of aromatic carboxylic acids is 1. The molecule has 0 spiro atoms. The van der Waals surface area contributed by atoms with E-state index in [1.54, 1.807) is 13.8 Å². The van der Waals surface area contributed by atoms with Crippen molar-refractivity contribution in [3.8, 4) is 6.07 Å². The molecular weight excluding hydrogens is 281 g/mol. The zero-order valence-corrected chi connectivity index (χ0v) is 11.5. The summed E-state index contributed by atoms with van der Waals surface area (Å²) in [7, 11) is 0. The monoisotopic (exact) mass is 295 g/mol. The van der Waals surface area contributed by atoms with E-state index in [1.807, 2.05) is 6.07 Å². The first kappa shape index (κ1) is 16.4. The molecule has 0 unspecified atom stereocenters. The van der Waals surface area contributed by atoms with Crippen LogP contribution in [-0.4, -0.2) is 28.6 Å². The van der Waals surface area contributed by atoms with Crippen LogP contribution < -0.4 is 4.90 Å². The van der Waals surface area contributed by atoms with E-state index >= 15 is 0 Å². The zero-order valence-electron chi connectivity index (χ0n) is 11.5. The van der Waals surface area contributed by atoms with Crippen LogP contribution in [0, 0.1) is 27.3 Å². The van der Waals surface area contributed by atoms with Crippen LogP contribution in [-0.2, 0) is 0 Å². The van der Waals surface area contributed by atoms with E-state index in [-0.39, 0.29) is 24.7 Å². The first-order valence-corrected chi connectivity index (χ1v) is 6.14. The fraction of sp³-hybridized carbons (Fsp3) is 0.385. The second kappa shape index (κ2) is 6.65. The molecule has 8 heteroatoms. The summed E-state index contributed by atoms with van der Waals surface area (Å²) in [4.78, 5) is 22.8. The number of nitro benzene ring substituents is 1. The van der Waals surface area contributed by atoms with Crippen LogP contribution in [0.1, 0.15) is 30.6 Å². The van der Waals surface area contributed by atoms with Crippen molar-refractivity contribution in [2.75, 3.05) is 11.4 Å². The third-order valence-corrected chi connectivity index (χ3v) is 2.89.